The first-order chi connectivity index (χ1) is 14.2. The molecule has 144 valence electrons. The normalized spacial score (nSPS) is 14.7. The molecule has 2 aromatic heterocycles. The summed E-state index contributed by atoms with van der Waals surface area (Å²) in [4.78, 5) is 34.7. The largest absolute Gasteiger partial charge is 0.361 e. The summed E-state index contributed by atoms with van der Waals surface area (Å²) in [5, 5.41) is 1.89. The average Bonchev–Trinajstić information content (AvgIpc) is 3.41. The molecule has 5 rings (SSSR count). The van der Waals surface area contributed by atoms with Crippen LogP contribution in [-0.2, 0) is 9.59 Å². The van der Waals surface area contributed by atoms with E-state index in [-0.39, 0.29) is 11.8 Å². The fraction of sp³-hybridized carbons (Fsp3) is 0.167. The van der Waals surface area contributed by atoms with Crippen LogP contribution in [0.4, 0.5) is 0 Å². The van der Waals surface area contributed by atoms with E-state index in [4.69, 9.17) is 0 Å². The Balaban J connectivity index is 1.78. The lowest BCUT2D eigenvalue weighted by Crippen LogP contribution is -2.32. The van der Waals surface area contributed by atoms with E-state index in [1.807, 2.05) is 60.9 Å². The van der Waals surface area contributed by atoms with E-state index < -0.39 is 0 Å². The van der Waals surface area contributed by atoms with Gasteiger partial charge >= 0.3 is 0 Å². The summed E-state index contributed by atoms with van der Waals surface area (Å²) in [5.41, 5.74) is 4.40. The van der Waals surface area contributed by atoms with Gasteiger partial charge in [-0.05, 0) is 18.6 Å². The molecule has 1 aliphatic heterocycles. The lowest BCUT2D eigenvalue weighted by molar-refractivity contribution is -0.136. The number of fused-ring (bicyclic) bond motifs is 2. The summed E-state index contributed by atoms with van der Waals surface area (Å²) < 4.78 is 0. The van der Waals surface area contributed by atoms with Gasteiger partial charge in [-0.2, -0.15) is 0 Å². The van der Waals surface area contributed by atoms with E-state index in [0.717, 1.165) is 45.8 Å². The highest BCUT2D eigenvalue weighted by Crippen LogP contribution is 2.40. The molecule has 2 N–H and O–H groups in total. The first-order valence-corrected chi connectivity index (χ1v) is 9.94. The number of aromatic amines is 2. The highest BCUT2D eigenvalue weighted by atomic mass is 16.2. The number of hydrogen-bond donors (Lipinski definition) is 2. The van der Waals surface area contributed by atoms with Crippen molar-refractivity contribution in [3.8, 4) is 0 Å². The number of para-hydroxylation sites is 2. The Bertz CT molecular complexity index is 1200. The maximum absolute atomic E-state index is 13.4. The number of amides is 2. The Morgan fingerprint density at radius 2 is 1.24 bits per heavy atom. The summed E-state index contributed by atoms with van der Waals surface area (Å²) in [6.07, 6.45) is 5.38. The van der Waals surface area contributed by atoms with Crippen LogP contribution in [0.25, 0.3) is 33.0 Å². The molecule has 0 unspecified atom stereocenters. The van der Waals surface area contributed by atoms with Crippen molar-refractivity contribution in [1.29, 1.82) is 0 Å². The van der Waals surface area contributed by atoms with Gasteiger partial charge in [0.2, 0.25) is 0 Å². The third kappa shape index (κ3) is 2.62. The van der Waals surface area contributed by atoms with E-state index in [1.165, 1.54) is 4.90 Å². The maximum atomic E-state index is 13.4. The predicted molar refractivity (Wildman–Crippen MR) is 115 cm³/mol. The molecule has 4 aromatic rings. The minimum absolute atomic E-state index is 0.214. The number of aromatic nitrogens is 2. The highest BCUT2D eigenvalue weighted by Gasteiger charge is 2.40. The van der Waals surface area contributed by atoms with Gasteiger partial charge in [-0.15, -0.1) is 0 Å². The number of rotatable bonds is 5. The van der Waals surface area contributed by atoms with Crippen molar-refractivity contribution in [2.24, 2.45) is 0 Å². The number of H-pyrrole nitrogens is 2. The zero-order chi connectivity index (χ0) is 20.0. The van der Waals surface area contributed by atoms with Crippen molar-refractivity contribution in [3.63, 3.8) is 0 Å². The molecule has 0 radical (unpaired) electrons. The Morgan fingerprint density at radius 3 is 1.72 bits per heavy atom. The molecule has 0 bridgehead atoms. The summed E-state index contributed by atoms with van der Waals surface area (Å²) in [5.74, 6) is -0.429. The lowest BCUT2D eigenvalue weighted by atomic mass is 9.95. The van der Waals surface area contributed by atoms with Crippen LogP contribution in [0.5, 0.6) is 0 Å². The van der Waals surface area contributed by atoms with Crippen molar-refractivity contribution < 1.29 is 9.59 Å². The molecule has 0 aliphatic carbocycles. The number of nitrogens with one attached hydrogen (secondary N) is 2. The topological polar surface area (TPSA) is 69.0 Å². The molecular formula is C24H21N3O2. The van der Waals surface area contributed by atoms with Gasteiger partial charge in [-0.25, -0.2) is 0 Å². The molecule has 0 atom stereocenters. The Labute approximate surface area is 168 Å². The minimum atomic E-state index is -0.214. The van der Waals surface area contributed by atoms with E-state index in [0.29, 0.717) is 17.7 Å². The fourth-order valence-electron chi connectivity index (χ4n) is 4.15. The van der Waals surface area contributed by atoms with Crippen LogP contribution >= 0.6 is 0 Å². The molecule has 0 spiro atoms. The van der Waals surface area contributed by atoms with Gasteiger partial charge in [0, 0.05) is 51.9 Å². The van der Waals surface area contributed by atoms with Crippen LogP contribution in [0, 0.1) is 0 Å². The third-order valence-corrected chi connectivity index (χ3v) is 5.62. The molecule has 5 nitrogen and oxygen atoms in total. The molecule has 2 amide bonds. The zero-order valence-corrected chi connectivity index (χ0v) is 16.2. The van der Waals surface area contributed by atoms with Gasteiger partial charge in [0.05, 0.1) is 11.1 Å². The summed E-state index contributed by atoms with van der Waals surface area (Å²) in [7, 11) is 0. The minimum Gasteiger partial charge on any atom is -0.361 e. The maximum Gasteiger partial charge on any atom is 0.262 e. The number of carbonyl (C=O) groups is 2. The molecule has 5 heteroatoms. The van der Waals surface area contributed by atoms with Crippen molar-refractivity contribution in [2.75, 3.05) is 6.54 Å². The van der Waals surface area contributed by atoms with Crippen LogP contribution in [0.2, 0.25) is 0 Å². The fourth-order valence-corrected chi connectivity index (χ4v) is 4.15. The first-order valence-electron chi connectivity index (χ1n) is 9.94. The smallest absolute Gasteiger partial charge is 0.262 e. The van der Waals surface area contributed by atoms with Crippen LogP contribution in [0.15, 0.2) is 60.9 Å². The number of hydrogen-bond acceptors (Lipinski definition) is 2. The first kappa shape index (κ1) is 17.5. The summed E-state index contributed by atoms with van der Waals surface area (Å²) in [6, 6.07) is 15.7. The Hall–Kier alpha value is -3.60. The van der Waals surface area contributed by atoms with Gasteiger partial charge < -0.3 is 9.97 Å². The van der Waals surface area contributed by atoms with Crippen molar-refractivity contribution in [2.45, 2.75) is 19.8 Å². The summed E-state index contributed by atoms with van der Waals surface area (Å²) in [6.45, 7) is 2.49. The molecule has 29 heavy (non-hydrogen) atoms. The standard InChI is InChI=1S/C24H21N3O2/c1-2-3-12-27-23(28)21(17-13-25-19-10-6-4-8-15(17)19)22(24(27)29)18-14-26-20-11-7-5-9-16(18)20/h4-11,13-14,25-26H,2-3,12H2,1H3. The van der Waals surface area contributed by atoms with Gasteiger partial charge in [-0.3, -0.25) is 14.5 Å². The number of imide groups is 1. The monoisotopic (exact) mass is 383 g/mol. The Morgan fingerprint density at radius 1 is 0.759 bits per heavy atom. The second-order valence-corrected chi connectivity index (χ2v) is 7.36. The molecule has 2 aromatic carbocycles. The van der Waals surface area contributed by atoms with Gasteiger partial charge in [0.15, 0.2) is 0 Å². The van der Waals surface area contributed by atoms with Crippen molar-refractivity contribution in [1.82, 2.24) is 14.9 Å². The number of benzene rings is 2. The predicted octanol–water partition coefficient (Wildman–Crippen LogP) is 4.73. The van der Waals surface area contributed by atoms with Gasteiger partial charge in [0.25, 0.3) is 11.8 Å². The quantitative estimate of drug-likeness (QED) is 0.489. The van der Waals surface area contributed by atoms with Crippen LogP contribution in [0.3, 0.4) is 0 Å². The second kappa shape index (κ2) is 6.78. The van der Waals surface area contributed by atoms with Crippen molar-refractivity contribution in [3.05, 3.63) is 72.1 Å². The molecule has 0 saturated heterocycles. The van der Waals surface area contributed by atoms with Gasteiger partial charge in [-0.1, -0.05) is 49.7 Å². The molecular weight excluding hydrogens is 362 g/mol. The number of carbonyl (C=O) groups excluding carboxylic acids is 2. The van der Waals surface area contributed by atoms with E-state index in [9.17, 15) is 9.59 Å². The van der Waals surface area contributed by atoms with E-state index in [2.05, 4.69) is 16.9 Å². The number of unbranched alkanes of at least 4 members (excludes halogenated alkanes) is 1. The van der Waals surface area contributed by atoms with Crippen molar-refractivity contribution >= 4 is 44.8 Å². The summed E-state index contributed by atoms with van der Waals surface area (Å²) >= 11 is 0. The van der Waals surface area contributed by atoms with Crippen LogP contribution in [0.1, 0.15) is 30.9 Å². The highest BCUT2D eigenvalue weighted by molar-refractivity contribution is 6.50. The molecule has 1 aliphatic rings. The van der Waals surface area contributed by atoms with E-state index >= 15 is 0 Å². The molecule has 0 fully saturated rings. The zero-order valence-electron chi connectivity index (χ0n) is 16.2. The van der Waals surface area contributed by atoms with E-state index in [1.54, 1.807) is 0 Å². The SMILES string of the molecule is CCCCN1C(=O)C(c2c[nH]c3ccccc23)=C(c2c[nH]c3ccccc23)C1=O. The molecule has 3 heterocycles. The van der Waals surface area contributed by atoms with Gasteiger partial charge in [0.1, 0.15) is 0 Å². The number of nitrogens with zero attached hydrogens (tertiary/aromatic N) is 1. The second-order valence-electron chi connectivity index (χ2n) is 7.36. The van der Waals surface area contributed by atoms with Crippen LogP contribution < -0.4 is 0 Å². The molecule has 0 saturated carbocycles. The van der Waals surface area contributed by atoms with Crippen LogP contribution in [-0.4, -0.2) is 33.2 Å². The Kier molecular flexibility index (Phi) is 4.09. The average molecular weight is 383 g/mol. The third-order valence-electron chi connectivity index (χ3n) is 5.62. The lowest BCUT2D eigenvalue weighted by Gasteiger charge is -2.14.